The third-order valence-corrected chi connectivity index (χ3v) is 5.64. The first-order valence-electron chi connectivity index (χ1n) is 7.31. The summed E-state index contributed by atoms with van der Waals surface area (Å²) in [5.41, 5.74) is 2.27. The molecule has 1 aromatic carbocycles. The number of aromatic nitrogens is 3. The molecule has 0 spiro atoms. The molecule has 3 aromatic heterocycles. The van der Waals surface area contributed by atoms with E-state index in [-0.39, 0.29) is 6.54 Å². The van der Waals surface area contributed by atoms with E-state index in [1.54, 1.807) is 29.3 Å². The minimum Gasteiger partial charge on any atom is -0.254 e. The Labute approximate surface area is 146 Å². The van der Waals surface area contributed by atoms with Crippen molar-refractivity contribution < 1.29 is 0 Å². The number of fused-ring (bicyclic) bond motifs is 3. The lowest BCUT2D eigenvalue weighted by Gasteiger charge is -2.09. The zero-order chi connectivity index (χ0) is 16.5. The minimum atomic E-state index is 0.0453. The predicted molar refractivity (Wildman–Crippen MR) is 97.5 cm³/mol. The predicted octanol–water partition coefficient (Wildman–Crippen LogP) is 4.97. The van der Waals surface area contributed by atoms with Crippen molar-refractivity contribution >= 4 is 44.9 Å². The molecule has 0 aliphatic heterocycles. The van der Waals surface area contributed by atoms with Gasteiger partial charge in [0.1, 0.15) is 6.54 Å². The number of benzene rings is 1. The quantitative estimate of drug-likeness (QED) is 0.383. The Kier molecular flexibility index (Phi) is 3.95. The number of aryl methyl sites for hydroxylation is 1. The molecule has 0 fully saturated rings. The number of thiazole rings is 1. The van der Waals surface area contributed by atoms with Crippen LogP contribution in [0.2, 0.25) is 0 Å². The molecule has 5 nitrogen and oxygen atoms in total. The molecule has 3 heterocycles. The van der Waals surface area contributed by atoms with Crippen molar-refractivity contribution in [1.29, 1.82) is 0 Å². The van der Waals surface area contributed by atoms with Crippen LogP contribution in [0.4, 0.5) is 0 Å². The number of hydrogen-bond acceptors (Lipinski definition) is 7. The maximum absolute atomic E-state index is 10.7. The molecular formula is C17H12N4OS2. The second-order valence-electron chi connectivity index (χ2n) is 5.27. The van der Waals surface area contributed by atoms with Crippen LogP contribution < -0.4 is 0 Å². The van der Waals surface area contributed by atoms with Gasteiger partial charge in [-0.15, -0.1) is 11.3 Å². The number of pyridine rings is 2. The molecule has 4 aromatic rings. The Morgan fingerprint density at radius 3 is 2.92 bits per heavy atom. The third kappa shape index (κ3) is 2.76. The summed E-state index contributed by atoms with van der Waals surface area (Å²) in [5.74, 6) is 0. The normalized spacial score (nSPS) is 11.2. The number of nitroso groups, excluding NO2 is 1. The summed E-state index contributed by atoms with van der Waals surface area (Å²) in [7, 11) is 0. The zero-order valence-corrected chi connectivity index (χ0v) is 14.4. The van der Waals surface area contributed by atoms with Crippen LogP contribution >= 0.6 is 23.1 Å². The Balaban J connectivity index is 1.96. The van der Waals surface area contributed by atoms with Gasteiger partial charge < -0.3 is 0 Å². The minimum absolute atomic E-state index is 0.0453. The van der Waals surface area contributed by atoms with Gasteiger partial charge in [-0.1, -0.05) is 35.1 Å². The lowest BCUT2D eigenvalue weighted by Crippen LogP contribution is -1.93. The summed E-state index contributed by atoms with van der Waals surface area (Å²) in [6, 6.07) is 9.92. The molecule has 0 saturated carbocycles. The van der Waals surface area contributed by atoms with E-state index in [9.17, 15) is 4.91 Å². The van der Waals surface area contributed by atoms with Crippen LogP contribution in [0.3, 0.4) is 0 Å². The smallest absolute Gasteiger partial charge is 0.154 e. The largest absolute Gasteiger partial charge is 0.254 e. The van der Waals surface area contributed by atoms with Crippen molar-refractivity contribution in [3.05, 3.63) is 58.2 Å². The molecule has 0 unspecified atom stereocenters. The van der Waals surface area contributed by atoms with Gasteiger partial charge in [0.25, 0.3) is 0 Å². The highest BCUT2D eigenvalue weighted by atomic mass is 32.2. The van der Waals surface area contributed by atoms with Crippen LogP contribution in [-0.2, 0) is 6.54 Å². The first-order valence-corrected chi connectivity index (χ1v) is 8.94. The number of hydrogen-bond donors (Lipinski definition) is 0. The lowest BCUT2D eigenvalue weighted by molar-refractivity contribution is 0.987. The maximum atomic E-state index is 10.7. The molecule has 7 heteroatoms. The highest BCUT2D eigenvalue weighted by Crippen LogP contribution is 2.37. The highest BCUT2D eigenvalue weighted by Gasteiger charge is 2.12. The summed E-state index contributed by atoms with van der Waals surface area (Å²) < 4.78 is 0.964. The zero-order valence-electron chi connectivity index (χ0n) is 12.8. The molecule has 0 bridgehead atoms. The van der Waals surface area contributed by atoms with Gasteiger partial charge >= 0.3 is 0 Å². The van der Waals surface area contributed by atoms with Gasteiger partial charge in [-0.2, -0.15) is 4.91 Å². The molecule has 0 N–H and O–H groups in total. The Morgan fingerprint density at radius 1 is 1.21 bits per heavy atom. The van der Waals surface area contributed by atoms with Gasteiger partial charge in [-0.05, 0) is 19.1 Å². The molecule has 0 atom stereocenters. The van der Waals surface area contributed by atoms with Gasteiger partial charge in [0.15, 0.2) is 4.34 Å². The summed E-state index contributed by atoms with van der Waals surface area (Å²) in [6.45, 7) is 2.08. The Hall–Kier alpha value is -2.38. The van der Waals surface area contributed by atoms with E-state index >= 15 is 0 Å². The second-order valence-corrected chi connectivity index (χ2v) is 7.80. The molecule has 0 amide bonds. The van der Waals surface area contributed by atoms with Crippen molar-refractivity contribution in [1.82, 2.24) is 15.0 Å². The first kappa shape index (κ1) is 15.2. The van der Waals surface area contributed by atoms with Crippen molar-refractivity contribution in [2.24, 2.45) is 5.18 Å². The third-order valence-electron chi connectivity index (χ3n) is 3.59. The molecule has 0 aliphatic rings. The molecule has 0 radical (unpaired) electrons. The first-order chi connectivity index (χ1) is 11.7. The monoisotopic (exact) mass is 352 g/mol. The fraction of sp³-hybridized carbons (Fsp3) is 0.118. The molecule has 24 heavy (non-hydrogen) atoms. The molecule has 0 saturated heterocycles. The SMILES string of the molecule is Cc1cnc(Sc2cc(CN=O)nc3c2ccc2cccnc23)s1. The van der Waals surface area contributed by atoms with Crippen molar-refractivity contribution in [3.8, 4) is 0 Å². The molecule has 4 rings (SSSR count). The van der Waals surface area contributed by atoms with Gasteiger partial charge in [0, 0.05) is 32.9 Å². The van der Waals surface area contributed by atoms with E-state index in [4.69, 9.17) is 0 Å². The average molecular weight is 352 g/mol. The van der Waals surface area contributed by atoms with E-state index in [1.807, 2.05) is 43.5 Å². The van der Waals surface area contributed by atoms with Crippen LogP contribution in [0.1, 0.15) is 10.6 Å². The van der Waals surface area contributed by atoms with Gasteiger partial charge in [0.2, 0.25) is 0 Å². The molecular weight excluding hydrogens is 340 g/mol. The topological polar surface area (TPSA) is 68.1 Å². The van der Waals surface area contributed by atoms with Gasteiger partial charge in [-0.3, -0.25) is 4.98 Å². The van der Waals surface area contributed by atoms with E-state index in [1.165, 1.54) is 0 Å². The number of nitrogens with zero attached hydrogens (tertiary/aromatic N) is 4. The molecule has 0 aliphatic carbocycles. The van der Waals surface area contributed by atoms with Crippen molar-refractivity contribution in [3.63, 3.8) is 0 Å². The van der Waals surface area contributed by atoms with E-state index < -0.39 is 0 Å². The fourth-order valence-corrected chi connectivity index (χ4v) is 4.63. The average Bonchev–Trinajstić information content (AvgIpc) is 3.00. The Morgan fingerprint density at radius 2 is 2.12 bits per heavy atom. The van der Waals surface area contributed by atoms with E-state index in [0.717, 1.165) is 35.9 Å². The second kappa shape index (κ2) is 6.26. The van der Waals surface area contributed by atoms with Crippen LogP contribution in [0, 0.1) is 11.8 Å². The standard InChI is InChI=1S/C17H12N4OS2/c1-10-8-19-17(23-10)24-14-7-12(9-20-22)21-16-13(14)5-4-11-3-2-6-18-15(11)16/h2-8H,9H2,1H3. The van der Waals surface area contributed by atoms with Gasteiger partial charge in [-0.25, -0.2) is 9.97 Å². The summed E-state index contributed by atoms with van der Waals surface area (Å²) in [4.78, 5) is 26.4. The van der Waals surface area contributed by atoms with Crippen LogP contribution in [0.25, 0.3) is 21.8 Å². The van der Waals surface area contributed by atoms with Crippen LogP contribution in [-0.4, -0.2) is 15.0 Å². The Bertz CT molecular complexity index is 1060. The van der Waals surface area contributed by atoms with E-state index in [2.05, 4.69) is 20.1 Å². The van der Waals surface area contributed by atoms with Crippen LogP contribution in [0.5, 0.6) is 0 Å². The molecule has 118 valence electrons. The maximum Gasteiger partial charge on any atom is 0.154 e. The van der Waals surface area contributed by atoms with E-state index in [0.29, 0.717) is 5.69 Å². The van der Waals surface area contributed by atoms with Gasteiger partial charge in [0.05, 0.1) is 16.7 Å². The van der Waals surface area contributed by atoms with Crippen molar-refractivity contribution in [2.75, 3.05) is 0 Å². The lowest BCUT2D eigenvalue weighted by atomic mass is 10.1. The highest BCUT2D eigenvalue weighted by molar-refractivity contribution is 8.01. The fourth-order valence-electron chi connectivity index (χ4n) is 2.55. The number of rotatable bonds is 4. The van der Waals surface area contributed by atoms with Crippen LogP contribution in [0.15, 0.2) is 57.1 Å². The van der Waals surface area contributed by atoms with Crippen molar-refractivity contribution in [2.45, 2.75) is 22.7 Å². The summed E-state index contributed by atoms with van der Waals surface area (Å²) >= 11 is 3.23. The summed E-state index contributed by atoms with van der Waals surface area (Å²) in [6.07, 6.45) is 3.62. The summed E-state index contributed by atoms with van der Waals surface area (Å²) in [5, 5.41) is 5.02.